The summed E-state index contributed by atoms with van der Waals surface area (Å²) >= 11 is 11.1. The maximum Gasteiger partial charge on any atom is 0.250 e. The summed E-state index contributed by atoms with van der Waals surface area (Å²) in [7, 11) is 0. The molecule has 2 aromatic carbocycles. The number of carbonyl (C=O) groups excluding carboxylic acids is 1. The van der Waals surface area contributed by atoms with Gasteiger partial charge in [0.25, 0.3) is 0 Å². The Bertz CT molecular complexity index is 812. The Morgan fingerprint density at radius 1 is 1.00 bits per heavy atom. The fourth-order valence-electron chi connectivity index (χ4n) is 2.97. The molecule has 3 rings (SSSR count). The lowest BCUT2D eigenvalue weighted by Gasteiger charge is -2.28. The Balaban J connectivity index is 1.49. The number of nitrogens with zero attached hydrogens (tertiary/aromatic N) is 1. The van der Waals surface area contributed by atoms with Crippen LogP contribution < -0.4 is 15.5 Å². The van der Waals surface area contributed by atoms with Crippen LogP contribution in [0.1, 0.15) is 24.8 Å². The van der Waals surface area contributed by atoms with Crippen molar-refractivity contribution in [1.29, 1.82) is 0 Å². The molecule has 0 spiro atoms. The molecule has 0 saturated carbocycles. The normalized spacial score (nSPS) is 14.2. The Morgan fingerprint density at radius 2 is 1.67 bits per heavy atom. The first-order valence-corrected chi connectivity index (χ1v) is 9.79. The SMILES string of the molecule is O=C(/C=C/c1ccc(Cl)cc1)NC(=S)Nc1ccc(N2CCCCC2)cc1. The Morgan fingerprint density at radius 3 is 2.33 bits per heavy atom. The van der Waals surface area contributed by atoms with Gasteiger partial charge in [-0.2, -0.15) is 0 Å². The highest BCUT2D eigenvalue weighted by Crippen LogP contribution is 2.21. The topological polar surface area (TPSA) is 44.4 Å². The molecule has 4 nitrogen and oxygen atoms in total. The molecule has 2 N–H and O–H groups in total. The van der Waals surface area contributed by atoms with Gasteiger partial charge in [-0.1, -0.05) is 23.7 Å². The molecule has 0 aliphatic carbocycles. The van der Waals surface area contributed by atoms with Crippen LogP contribution in [0.5, 0.6) is 0 Å². The zero-order valence-electron chi connectivity index (χ0n) is 15.0. The fourth-order valence-corrected chi connectivity index (χ4v) is 3.31. The molecular formula is C21H22ClN3OS. The number of benzene rings is 2. The Labute approximate surface area is 170 Å². The third kappa shape index (κ3) is 6.08. The summed E-state index contributed by atoms with van der Waals surface area (Å²) < 4.78 is 0. The molecule has 1 saturated heterocycles. The molecule has 0 atom stereocenters. The van der Waals surface area contributed by atoms with Gasteiger partial charge in [0.15, 0.2) is 5.11 Å². The average Bonchev–Trinajstić information content (AvgIpc) is 2.69. The van der Waals surface area contributed by atoms with Crippen molar-refractivity contribution in [2.24, 2.45) is 0 Å². The standard InChI is InChI=1S/C21H22ClN3OS/c22-17-7-4-16(5-8-17)6-13-20(26)24-21(27)23-18-9-11-19(12-10-18)25-14-2-1-3-15-25/h4-13H,1-3,14-15H2,(H2,23,24,26,27)/b13-6+. The summed E-state index contributed by atoms with van der Waals surface area (Å²) in [5.74, 6) is -0.285. The maximum absolute atomic E-state index is 12.0. The first-order chi connectivity index (χ1) is 13.1. The summed E-state index contributed by atoms with van der Waals surface area (Å²) in [6.45, 7) is 2.22. The molecule has 0 aromatic heterocycles. The second-order valence-electron chi connectivity index (χ2n) is 6.42. The van der Waals surface area contributed by atoms with Crippen LogP contribution in [0.15, 0.2) is 54.6 Å². The first kappa shape index (κ1) is 19.4. The number of thiocarbonyl (C=S) groups is 1. The predicted molar refractivity (Wildman–Crippen MR) is 117 cm³/mol. The molecule has 140 valence electrons. The van der Waals surface area contributed by atoms with Crippen LogP contribution in [0.25, 0.3) is 6.08 Å². The van der Waals surface area contributed by atoms with Crippen LogP contribution in [-0.4, -0.2) is 24.1 Å². The van der Waals surface area contributed by atoms with Gasteiger partial charge >= 0.3 is 0 Å². The molecule has 1 heterocycles. The van der Waals surface area contributed by atoms with Gasteiger partial charge in [0, 0.05) is 35.6 Å². The molecule has 1 fully saturated rings. The zero-order chi connectivity index (χ0) is 19.1. The van der Waals surface area contributed by atoms with Gasteiger partial charge in [0.1, 0.15) is 0 Å². The van der Waals surface area contributed by atoms with Crippen LogP contribution in [0.3, 0.4) is 0 Å². The van der Waals surface area contributed by atoms with Crippen LogP contribution in [0.2, 0.25) is 5.02 Å². The van der Waals surface area contributed by atoms with Crippen molar-refractivity contribution < 1.29 is 4.79 Å². The summed E-state index contributed by atoms with van der Waals surface area (Å²) in [4.78, 5) is 14.4. The second kappa shape index (κ2) is 9.53. The fraction of sp³-hybridized carbons (Fsp3) is 0.238. The largest absolute Gasteiger partial charge is 0.372 e. The number of rotatable bonds is 4. The molecule has 1 aliphatic heterocycles. The molecule has 2 aromatic rings. The smallest absolute Gasteiger partial charge is 0.250 e. The Kier molecular flexibility index (Phi) is 6.85. The first-order valence-electron chi connectivity index (χ1n) is 9.01. The minimum Gasteiger partial charge on any atom is -0.372 e. The lowest BCUT2D eigenvalue weighted by Crippen LogP contribution is -2.32. The minimum atomic E-state index is -0.285. The van der Waals surface area contributed by atoms with E-state index in [1.807, 2.05) is 24.3 Å². The maximum atomic E-state index is 12.0. The lowest BCUT2D eigenvalue weighted by molar-refractivity contribution is -0.115. The van der Waals surface area contributed by atoms with Crippen LogP contribution in [-0.2, 0) is 4.79 Å². The van der Waals surface area contributed by atoms with Crippen molar-refractivity contribution >= 4 is 52.3 Å². The van der Waals surface area contributed by atoms with Crippen molar-refractivity contribution in [3.63, 3.8) is 0 Å². The highest BCUT2D eigenvalue weighted by Gasteiger charge is 2.10. The zero-order valence-corrected chi connectivity index (χ0v) is 16.5. The van der Waals surface area contributed by atoms with E-state index in [9.17, 15) is 4.79 Å². The summed E-state index contributed by atoms with van der Waals surface area (Å²) in [6.07, 6.45) is 6.97. The van der Waals surface area contributed by atoms with E-state index in [4.69, 9.17) is 23.8 Å². The van der Waals surface area contributed by atoms with Gasteiger partial charge in [-0.25, -0.2) is 0 Å². The van der Waals surface area contributed by atoms with Crippen molar-refractivity contribution in [3.8, 4) is 0 Å². The van der Waals surface area contributed by atoms with E-state index < -0.39 is 0 Å². The number of anilines is 2. The molecule has 0 radical (unpaired) electrons. The van der Waals surface area contributed by atoms with E-state index in [1.165, 1.54) is 31.0 Å². The number of hydrogen-bond acceptors (Lipinski definition) is 3. The molecule has 27 heavy (non-hydrogen) atoms. The minimum absolute atomic E-state index is 0.270. The van der Waals surface area contributed by atoms with Gasteiger partial charge in [0.2, 0.25) is 5.91 Å². The van der Waals surface area contributed by atoms with Gasteiger partial charge in [-0.3, -0.25) is 10.1 Å². The van der Waals surface area contributed by atoms with E-state index >= 15 is 0 Å². The molecule has 0 unspecified atom stereocenters. The number of carbonyl (C=O) groups is 1. The van der Waals surface area contributed by atoms with Crippen LogP contribution >= 0.6 is 23.8 Å². The molecule has 1 aliphatic rings. The average molecular weight is 400 g/mol. The highest BCUT2D eigenvalue weighted by atomic mass is 35.5. The summed E-state index contributed by atoms with van der Waals surface area (Å²) in [6, 6.07) is 15.4. The van der Waals surface area contributed by atoms with E-state index in [1.54, 1.807) is 18.2 Å². The molecule has 1 amide bonds. The van der Waals surface area contributed by atoms with Crippen molar-refractivity contribution in [2.75, 3.05) is 23.3 Å². The van der Waals surface area contributed by atoms with Gasteiger partial charge in [-0.15, -0.1) is 0 Å². The van der Waals surface area contributed by atoms with Crippen molar-refractivity contribution in [1.82, 2.24) is 5.32 Å². The Hall–Kier alpha value is -2.37. The number of hydrogen-bond donors (Lipinski definition) is 2. The summed E-state index contributed by atoms with van der Waals surface area (Å²) in [5, 5.41) is 6.61. The third-order valence-corrected chi connectivity index (χ3v) is 4.84. The van der Waals surface area contributed by atoms with Gasteiger partial charge < -0.3 is 10.2 Å². The van der Waals surface area contributed by atoms with Crippen molar-refractivity contribution in [2.45, 2.75) is 19.3 Å². The van der Waals surface area contributed by atoms with E-state index in [0.29, 0.717) is 5.02 Å². The number of halogens is 1. The highest BCUT2D eigenvalue weighted by molar-refractivity contribution is 7.80. The molecule has 6 heteroatoms. The quantitative estimate of drug-likeness (QED) is 0.569. The molecule has 0 bridgehead atoms. The van der Waals surface area contributed by atoms with Crippen molar-refractivity contribution in [3.05, 3.63) is 65.2 Å². The van der Waals surface area contributed by atoms with E-state index in [2.05, 4.69) is 27.7 Å². The van der Waals surface area contributed by atoms with E-state index in [0.717, 1.165) is 24.3 Å². The predicted octanol–water partition coefficient (Wildman–Crippen LogP) is 4.86. The third-order valence-electron chi connectivity index (χ3n) is 4.38. The lowest BCUT2D eigenvalue weighted by atomic mass is 10.1. The summed E-state index contributed by atoms with van der Waals surface area (Å²) in [5.41, 5.74) is 2.96. The van der Waals surface area contributed by atoms with Gasteiger partial charge in [-0.05, 0) is 79.5 Å². The van der Waals surface area contributed by atoms with Crippen LogP contribution in [0, 0.1) is 0 Å². The number of piperidine rings is 1. The molecular weight excluding hydrogens is 378 g/mol. The van der Waals surface area contributed by atoms with Crippen LogP contribution in [0.4, 0.5) is 11.4 Å². The van der Waals surface area contributed by atoms with E-state index in [-0.39, 0.29) is 11.0 Å². The number of nitrogens with one attached hydrogen (secondary N) is 2. The number of amides is 1. The van der Waals surface area contributed by atoms with Gasteiger partial charge in [0.05, 0.1) is 0 Å². The second-order valence-corrected chi connectivity index (χ2v) is 7.27. The monoisotopic (exact) mass is 399 g/mol.